The highest BCUT2D eigenvalue weighted by Crippen LogP contribution is 2.22. The smallest absolute Gasteiger partial charge is 0.251 e. The lowest BCUT2D eigenvalue weighted by Gasteiger charge is -2.36. The summed E-state index contributed by atoms with van der Waals surface area (Å²) in [4.78, 5) is 19.3. The minimum Gasteiger partial charge on any atom is -0.497 e. The first-order chi connectivity index (χ1) is 14.0. The maximum absolute atomic E-state index is 12.4. The van der Waals surface area contributed by atoms with Crippen LogP contribution in [0.25, 0.3) is 0 Å². The number of amides is 1. The number of ether oxygens (including phenoxy) is 1. The van der Waals surface area contributed by atoms with Crippen molar-refractivity contribution in [3.05, 3.63) is 59.7 Å². The number of hydrogen-bond acceptors (Lipinski definition) is 5. The van der Waals surface area contributed by atoms with Crippen LogP contribution >= 0.6 is 0 Å². The van der Waals surface area contributed by atoms with Gasteiger partial charge in [-0.15, -0.1) is 0 Å². The van der Waals surface area contributed by atoms with E-state index >= 15 is 0 Å². The summed E-state index contributed by atoms with van der Waals surface area (Å²) < 4.78 is 5.34. The van der Waals surface area contributed by atoms with Gasteiger partial charge in [0.25, 0.3) is 5.91 Å². The Morgan fingerprint density at radius 1 is 1.07 bits per heavy atom. The highest BCUT2D eigenvalue weighted by molar-refractivity contribution is 5.94. The zero-order valence-electron chi connectivity index (χ0n) is 17.7. The fourth-order valence-corrected chi connectivity index (χ4v) is 3.54. The van der Waals surface area contributed by atoms with Crippen LogP contribution in [0.15, 0.2) is 48.5 Å². The lowest BCUT2D eigenvalue weighted by atomic mass is 10.1. The standard InChI is InChI=1S/C23H32N4O2/c1-25(2)11-10-24-23(28)20-7-4-6-19(16-20)18-26-12-14-27(15-13-26)21-8-5-9-22(17-21)29-3/h4-9,16-17H,10-15,18H2,1-3H3,(H,24,28). The van der Waals surface area contributed by atoms with Gasteiger partial charge in [0.15, 0.2) is 0 Å². The zero-order chi connectivity index (χ0) is 20.6. The number of nitrogens with one attached hydrogen (secondary N) is 1. The fraction of sp³-hybridized carbons (Fsp3) is 0.435. The number of carbonyl (C=O) groups is 1. The van der Waals surface area contributed by atoms with E-state index < -0.39 is 0 Å². The lowest BCUT2D eigenvalue weighted by molar-refractivity contribution is 0.0951. The molecule has 2 aromatic carbocycles. The van der Waals surface area contributed by atoms with Crippen molar-refractivity contribution in [3.8, 4) is 5.75 Å². The van der Waals surface area contributed by atoms with E-state index in [9.17, 15) is 4.79 Å². The monoisotopic (exact) mass is 396 g/mol. The van der Waals surface area contributed by atoms with Gasteiger partial charge in [-0.2, -0.15) is 0 Å². The van der Waals surface area contributed by atoms with Crippen LogP contribution in [0.1, 0.15) is 15.9 Å². The number of benzene rings is 2. The summed E-state index contributed by atoms with van der Waals surface area (Å²) in [6, 6.07) is 16.2. The molecule has 1 saturated heterocycles. The van der Waals surface area contributed by atoms with Gasteiger partial charge in [0.2, 0.25) is 0 Å². The molecule has 0 bridgehead atoms. The van der Waals surface area contributed by atoms with Crippen LogP contribution in [0.4, 0.5) is 5.69 Å². The van der Waals surface area contributed by atoms with Gasteiger partial charge in [-0.1, -0.05) is 18.2 Å². The number of rotatable bonds is 8. The van der Waals surface area contributed by atoms with Crippen molar-refractivity contribution < 1.29 is 9.53 Å². The van der Waals surface area contributed by atoms with E-state index in [1.54, 1.807) is 7.11 Å². The first-order valence-electron chi connectivity index (χ1n) is 10.2. The molecule has 1 amide bonds. The summed E-state index contributed by atoms with van der Waals surface area (Å²) in [7, 11) is 5.70. The first kappa shape index (κ1) is 21.1. The van der Waals surface area contributed by atoms with Crippen molar-refractivity contribution in [1.29, 1.82) is 0 Å². The molecule has 1 aliphatic heterocycles. The Bertz CT molecular complexity index is 801. The fourth-order valence-electron chi connectivity index (χ4n) is 3.54. The third kappa shape index (κ3) is 6.21. The average molecular weight is 397 g/mol. The Labute approximate surface area is 174 Å². The van der Waals surface area contributed by atoms with Gasteiger partial charge in [-0.05, 0) is 43.9 Å². The normalized spacial score (nSPS) is 14.8. The molecule has 3 rings (SSSR count). The molecule has 1 heterocycles. The van der Waals surface area contributed by atoms with E-state index in [-0.39, 0.29) is 5.91 Å². The second-order valence-corrected chi connectivity index (χ2v) is 7.72. The van der Waals surface area contributed by atoms with Gasteiger partial charge in [-0.25, -0.2) is 0 Å². The molecule has 0 unspecified atom stereocenters. The maximum atomic E-state index is 12.4. The number of carbonyl (C=O) groups excluding carboxylic acids is 1. The van der Waals surface area contributed by atoms with Crippen molar-refractivity contribution >= 4 is 11.6 Å². The molecule has 0 radical (unpaired) electrons. The van der Waals surface area contributed by atoms with Gasteiger partial charge in [0.05, 0.1) is 7.11 Å². The average Bonchev–Trinajstić information content (AvgIpc) is 2.74. The van der Waals surface area contributed by atoms with Crippen LogP contribution in [0.3, 0.4) is 0 Å². The maximum Gasteiger partial charge on any atom is 0.251 e. The molecule has 2 aromatic rings. The van der Waals surface area contributed by atoms with Crippen molar-refractivity contribution in [1.82, 2.24) is 15.1 Å². The molecule has 0 aromatic heterocycles. The molecule has 156 valence electrons. The number of likely N-dealkylation sites (N-methyl/N-ethyl adjacent to an activating group) is 1. The van der Waals surface area contributed by atoms with Gasteiger partial charge in [0, 0.05) is 63.1 Å². The molecule has 6 nitrogen and oxygen atoms in total. The first-order valence-corrected chi connectivity index (χ1v) is 10.2. The van der Waals surface area contributed by atoms with Gasteiger partial charge >= 0.3 is 0 Å². The Morgan fingerprint density at radius 3 is 2.55 bits per heavy atom. The summed E-state index contributed by atoms with van der Waals surface area (Å²) >= 11 is 0. The molecule has 1 aliphatic rings. The highest BCUT2D eigenvalue weighted by atomic mass is 16.5. The topological polar surface area (TPSA) is 48.1 Å². The summed E-state index contributed by atoms with van der Waals surface area (Å²) in [5.41, 5.74) is 3.12. The highest BCUT2D eigenvalue weighted by Gasteiger charge is 2.18. The molecular weight excluding hydrogens is 364 g/mol. The number of anilines is 1. The van der Waals surface area contributed by atoms with Crippen LogP contribution in [0.5, 0.6) is 5.75 Å². The minimum atomic E-state index is -0.00320. The summed E-state index contributed by atoms with van der Waals surface area (Å²) in [5.74, 6) is 0.891. The number of methoxy groups -OCH3 is 1. The lowest BCUT2D eigenvalue weighted by Crippen LogP contribution is -2.46. The number of hydrogen-bond donors (Lipinski definition) is 1. The Morgan fingerprint density at radius 2 is 1.83 bits per heavy atom. The Balaban J connectivity index is 1.52. The molecular formula is C23H32N4O2. The van der Waals surface area contributed by atoms with E-state index in [1.807, 2.05) is 44.4 Å². The molecule has 0 spiro atoms. The van der Waals surface area contributed by atoms with Gasteiger partial charge < -0.3 is 19.9 Å². The quantitative estimate of drug-likeness (QED) is 0.742. The molecule has 29 heavy (non-hydrogen) atoms. The van der Waals surface area contributed by atoms with Crippen molar-refractivity contribution in [2.75, 3.05) is 65.4 Å². The van der Waals surface area contributed by atoms with Crippen LogP contribution < -0.4 is 15.0 Å². The zero-order valence-corrected chi connectivity index (χ0v) is 17.7. The molecule has 0 saturated carbocycles. The van der Waals surface area contributed by atoms with Crippen molar-refractivity contribution in [2.45, 2.75) is 6.54 Å². The van der Waals surface area contributed by atoms with Crippen LogP contribution in [0, 0.1) is 0 Å². The second kappa shape index (κ2) is 10.3. The molecule has 0 aliphatic carbocycles. The largest absolute Gasteiger partial charge is 0.497 e. The van der Waals surface area contributed by atoms with E-state index in [0.29, 0.717) is 6.54 Å². The Kier molecular flexibility index (Phi) is 7.49. The third-order valence-electron chi connectivity index (χ3n) is 5.23. The molecule has 1 N–H and O–H groups in total. The van der Waals surface area contributed by atoms with E-state index in [1.165, 1.54) is 11.3 Å². The molecule has 6 heteroatoms. The van der Waals surface area contributed by atoms with Crippen LogP contribution in [-0.2, 0) is 6.54 Å². The Hall–Kier alpha value is -2.57. The SMILES string of the molecule is COc1cccc(N2CCN(Cc3cccc(C(=O)NCCN(C)C)c3)CC2)c1. The molecule has 1 fully saturated rings. The van der Waals surface area contributed by atoms with E-state index in [2.05, 4.69) is 38.2 Å². The summed E-state index contributed by atoms with van der Waals surface area (Å²) in [6.07, 6.45) is 0. The van der Waals surface area contributed by atoms with Crippen molar-refractivity contribution in [3.63, 3.8) is 0 Å². The van der Waals surface area contributed by atoms with E-state index in [0.717, 1.165) is 50.6 Å². The van der Waals surface area contributed by atoms with Crippen LogP contribution in [-0.4, -0.2) is 76.2 Å². The number of piperazine rings is 1. The van der Waals surface area contributed by atoms with Crippen molar-refractivity contribution in [2.24, 2.45) is 0 Å². The van der Waals surface area contributed by atoms with Gasteiger partial charge in [0.1, 0.15) is 5.75 Å². The van der Waals surface area contributed by atoms with Gasteiger partial charge in [-0.3, -0.25) is 9.69 Å². The number of nitrogens with zero attached hydrogens (tertiary/aromatic N) is 3. The summed E-state index contributed by atoms with van der Waals surface area (Å²) in [5, 5.41) is 2.98. The van der Waals surface area contributed by atoms with Crippen LogP contribution in [0.2, 0.25) is 0 Å². The second-order valence-electron chi connectivity index (χ2n) is 7.72. The molecule has 0 atom stereocenters. The predicted octanol–water partition coefficient (Wildman–Crippen LogP) is 2.31. The summed E-state index contributed by atoms with van der Waals surface area (Å²) in [6.45, 7) is 6.32. The van der Waals surface area contributed by atoms with E-state index in [4.69, 9.17) is 4.74 Å². The minimum absolute atomic E-state index is 0.00320. The third-order valence-corrected chi connectivity index (χ3v) is 5.23. The predicted molar refractivity (Wildman–Crippen MR) is 118 cm³/mol.